The number of benzene rings is 1. The average Bonchev–Trinajstić information content (AvgIpc) is 3.39. The number of hydrogen-bond donors (Lipinski definition) is 5. The number of Topliss-reactive ketones (excluding diaryl/α,β-unsaturated/α-hetero) is 3. The second-order valence-corrected chi connectivity index (χ2v) is 19.2. The Labute approximate surface area is 498 Å². The number of anilines is 5. The molecule has 4 rings (SSSR count). The van der Waals surface area contributed by atoms with Gasteiger partial charge in [0.2, 0.25) is 11.9 Å². The summed E-state index contributed by atoms with van der Waals surface area (Å²) >= 11 is 0. The van der Waals surface area contributed by atoms with Crippen molar-refractivity contribution in [2.24, 2.45) is 0 Å². The van der Waals surface area contributed by atoms with E-state index >= 15 is 0 Å². The zero-order valence-corrected chi connectivity index (χ0v) is 48.7. The van der Waals surface area contributed by atoms with Crippen LogP contribution in [0.5, 0.6) is 0 Å². The quantitative estimate of drug-likeness (QED) is 0.0298. The minimum atomic E-state index is -1.37. The number of rotatable bonds is 36. The number of aryl methyl sites for hydroxylation is 2. The SMILES string of the molecule is CCNc1c(NCCOCCOCCCc2nc(NC)nc(Nc3ccc(CCC(C=O)N4CCN(C(CCC(C)=O)C(=O)[O-])CCN(C(C=O)CCC(C)=O)CCN(C(CCC(C)=O)C(=O)O)CC4)cc3)n2)c(=O)c1=O.[Gd+3].[OH-].[OH-]. The maximum Gasteiger partial charge on any atom is 3.00 e. The first-order chi connectivity index (χ1) is 37.0. The molecule has 1 aliphatic heterocycles. The van der Waals surface area contributed by atoms with E-state index in [-0.39, 0.29) is 165 Å². The number of carbonyl (C=O) groups excluding carboxylic acids is 6. The van der Waals surface area contributed by atoms with E-state index in [1.54, 1.807) is 16.8 Å². The zero-order valence-electron chi connectivity index (χ0n) is 46.5. The molecule has 1 aromatic heterocycles. The van der Waals surface area contributed by atoms with Gasteiger partial charge in [0.15, 0.2) is 0 Å². The fraction of sp³-hybridized carbons (Fsp3) is 0.623. The van der Waals surface area contributed by atoms with Crippen molar-refractivity contribution in [2.45, 2.75) is 116 Å². The molecule has 80 heavy (non-hydrogen) atoms. The number of ketones is 3. The van der Waals surface area contributed by atoms with Crippen LogP contribution in [-0.2, 0) is 55.9 Å². The fourth-order valence-corrected chi connectivity index (χ4v) is 9.08. The van der Waals surface area contributed by atoms with Crippen LogP contribution in [0.1, 0.15) is 90.4 Å². The van der Waals surface area contributed by atoms with Crippen molar-refractivity contribution in [1.29, 1.82) is 0 Å². The van der Waals surface area contributed by atoms with Gasteiger partial charge in [-0.05, 0) is 83.9 Å². The minimum Gasteiger partial charge on any atom is -0.870 e. The summed E-state index contributed by atoms with van der Waals surface area (Å²) in [6, 6.07) is 3.94. The topological polar surface area (TPSA) is 375 Å². The summed E-state index contributed by atoms with van der Waals surface area (Å²) < 4.78 is 11.3. The summed E-state index contributed by atoms with van der Waals surface area (Å²) in [6.07, 6.45) is 3.94. The van der Waals surface area contributed by atoms with Gasteiger partial charge in [-0.25, -0.2) is 0 Å². The Hall–Kier alpha value is -5.20. The molecule has 1 fully saturated rings. The van der Waals surface area contributed by atoms with Crippen molar-refractivity contribution in [1.82, 2.24) is 34.6 Å². The Morgan fingerprint density at radius 3 is 1.62 bits per heavy atom. The molecule has 0 amide bonds. The third-order valence-corrected chi connectivity index (χ3v) is 13.4. The number of carboxylic acids is 2. The summed E-state index contributed by atoms with van der Waals surface area (Å²) in [6.45, 7) is 9.73. The zero-order chi connectivity index (χ0) is 56.3. The maximum atomic E-state index is 13.0. The summed E-state index contributed by atoms with van der Waals surface area (Å²) in [5, 5.41) is 35.2. The molecule has 1 aliphatic rings. The predicted octanol–water partition coefficient (Wildman–Crippen LogP) is 0.378. The molecule has 7 N–H and O–H groups in total. The summed E-state index contributed by atoms with van der Waals surface area (Å²) in [7, 11) is 1.71. The van der Waals surface area contributed by atoms with E-state index in [9.17, 15) is 53.4 Å². The molecule has 27 heteroatoms. The molecule has 2 aromatic carbocycles. The van der Waals surface area contributed by atoms with Gasteiger partial charge in [-0.3, -0.25) is 34.0 Å². The molecule has 0 bridgehead atoms. The summed E-state index contributed by atoms with van der Waals surface area (Å²) in [4.78, 5) is 131. The molecule has 0 saturated carbocycles. The van der Waals surface area contributed by atoms with E-state index in [4.69, 9.17) is 9.47 Å². The number of nitrogens with one attached hydrogen (secondary N) is 4. The van der Waals surface area contributed by atoms with Crippen LogP contribution in [0.2, 0.25) is 0 Å². The minimum absolute atomic E-state index is 0. The molecule has 3 aromatic rings. The molecule has 1 saturated heterocycles. The Bertz CT molecular complexity index is 2410. The number of hydrogen-bond acceptors (Lipinski definition) is 25. The first-order valence-corrected chi connectivity index (χ1v) is 26.5. The Kier molecular flexibility index (Phi) is 35.7. The average molecular weight is 1270 g/mol. The number of ether oxygens (including phenoxy) is 2. The van der Waals surface area contributed by atoms with Crippen molar-refractivity contribution < 1.29 is 104 Å². The van der Waals surface area contributed by atoms with Crippen molar-refractivity contribution >= 4 is 70.8 Å². The van der Waals surface area contributed by atoms with Crippen LogP contribution < -0.4 is 37.2 Å². The molecule has 0 aliphatic carbocycles. The molecule has 445 valence electrons. The number of carbonyl (C=O) groups is 7. The van der Waals surface area contributed by atoms with Crippen LogP contribution in [0.25, 0.3) is 0 Å². The monoisotopic (exact) mass is 1270 g/mol. The van der Waals surface area contributed by atoms with E-state index < -0.39 is 47.0 Å². The fourth-order valence-electron chi connectivity index (χ4n) is 9.08. The number of nitrogens with zero attached hydrogens (tertiary/aromatic N) is 7. The van der Waals surface area contributed by atoms with Crippen LogP contribution >= 0.6 is 0 Å². The van der Waals surface area contributed by atoms with Crippen LogP contribution in [0.15, 0.2) is 33.9 Å². The van der Waals surface area contributed by atoms with E-state index in [0.717, 1.165) is 18.1 Å². The molecular weight excluding hydrogens is 1190 g/mol. The molecule has 0 spiro atoms. The van der Waals surface area contributed by atoms with Gasteiger partial charge in [0.05, 0.1) is 37.9 Å². The van der Waals surface area contributed by atoms with E-state index in [1.165, 1.54) is 20.8 Å². The third-order valence-electron chi connectivity index (χ3n) is 13.4. The van der Waals surface area contributed by atoms with Gasteiger partial charge in [0, 0.05) is 117 Å². The Morgan fingerprint density at radius 2 is 1.12 bits per heavy atom. The molecule has 1 radical (unpaired) electrons. The number of carboxylic acid groups (broad SMARTS) is 2. The maximum absolute atomic E-state index is 13.0. The number of aromatic nitrogens is 3. The predicted molar refractivity (Wildman–Crippen MR) is 291 cm³/mol. The van der Waals surface area contributed by atoms with Crippen molar-refractivity contribution in [3.05, 3.63) is 56.1 Å². The second kappa shape index (κ2) is 39.3. The second-order valence-electron chi connectivity index (χ2n) is 19.2. The Morgan fingerprint density at radius 1 is 0.650 bits per heavy atom. The van der Waals surface area contributed by atoms with E-state index in [0.29, 0.717) is 94.3 Å². The van der Waals surface area contributed by atoms with Crippen LogP contribution in [0.3, 0.4) is 0 Å². The molecule has 4 atom stereocenters. The Balaban J connectivity index is 0.0000107. The van der Waals surface area contributed by atoms with Crippen molar-refractivity contribution in [3.8, 4) is 0 Å². The van der Waals surface area contributed by atoms with Gasteiger partial charge in [0.1, 0.15) is 53.2 Å². The smallest absolute Gasteiger partial charge is 0.870 e. The van der Waals surface area contributed by atoms with Gasteiger partial charge in [-0.1, -0.05) is 12.1 Å². The van der Waals surface area contributed by atoms with Crippen molar-refractivity contribution in [2.75, 3.05) is 120 Å². The van der Waals surface area contributed by atoms with Gasteiger partial charge in [0.25, 0.3) is 10.9 Å². The van der Waals surface area contributed by atoms with Gasteiger partial charge >= 0.3 is 45.9 Å². The first kappa shape index (κ1) is 72.8. The van der Waals surface area contributed by atoms with Crippen LogP contribution in [0, 0.1) is 39.9 Å². The molecule has 26 nitrogen and oxygen atoms in total. The summed E-state index contributed by atoms with van der Waals surface area (Å²) in [5.74, 6) is -1.70. The summed E-state index contributed by atoms with van der Waals surface area (Å²) in [5.41, 5.74) is 1.17. The normalized spacial score (nSPS) is 15.4. The third kappa shape index (κ3) is 24.9. The van der Waals surface area contributed by atoms with Crippen LogP contribution in [-0.4, -0.2) is 216 Å². The molecule has 2 heterocycles. The van der Waals surface area contributed by atoms with E-state index in [2.05, 4.69) is 36.2 Å². The first-order valence-electron chi connectivity index (χ1n) is 26.5. The number of aliphatic carboxylic acids is 2. The largest absolute Gasteiger partial charge is 3.00 e. The standard InChI is InChI=1S/C53H79N11O13.Gd.2H2O/c1-6-55-46-47(49(71)48(46)70)56-21-31-77-33-32-76-30-7-8-45-58-52(54-5)60-53(59-45)57-40-15-12-39(13-16-40)14-18-42(35-66)62-24-28-63(43(50(72)73)19-10-37(3)68)26-22-61(41(34-65)17-9-36(2)67)23-27-64(29-25-62)44(51(74)75)20-11-38(4)69;;;/h12-13,15-16,34-35,41-44,55-56H,6-11,14,17-33H2,1-5H3,(H,72,73)(H,74,75)(H2,54,57,58,59,60);;2*1H2/q;+3;;/p-3. The van der Waals surface area contributed by atoms with Gasteiger partial charge < -0.3 is 80.7 Å². The molecule has 4 unspecified atom stereocenters. The van der Waals surface area contributed by atoms with Crippen molar-refractivity contribution in [3.63, 3.8) is 0 Å². The van der Waals surface area contributed by atoms with Gasteiger partial charge in [-0.2, -0.15) is 15.0 Å². The molecular formula is C53H80GdN11O15. The number of aldehydes is 2. The van der Waals surface area contributed by atoms with Gasteiger partial charge in [-0.15, -0.1) is 0 Å². The van der Waals surface area contributed by atoms with E-state index in [1.807, 2.05) is 41.0 Å². The van der Waals surface area contributed by atoms with Crippen LogP contribution in [0.4, 0.5) is 29.0 Å².